The van der Waals surface area contributed by atoms with Crippen molar-refractivity contribution < 1.29 is 14.3 Å². The predicted molar refractivity (Wildman–Crippen MR) is 138 cm³/mol. The van der Waals surface area contributed by atoms with E-state index in [0.29, 0.717) is 6.04 Å². The quantitative estimate of drug-likeness (QED) is 0.315. The third-order valence-electron chi connectivity index (χ3n) is 6.10. The van der Waals surface area contributed by atoms with Crippen molar-refractivity contribution in [2.45, 2.75) is 38.3 Å². The minimum Gasteiger partial charge on any atom is -0.497 e. The Morgan fingerprint density at radius 2 is 1.81 bits per heavy atom. The van der Waals surface area contributed by atoms with E-state index < -0.39 is 0 Å². The molecule has 0 atom stereocenters. The number of halogens is 1. The molecular formula is C23H38IN5O3. The number of likely N-dealkylation sites (N-methyl/N-ethyl adjacent to an activating group) is 1. The van der Waals surface area contributed by atoms with Gasteiger partial charge in [0.1, 0.15) is 18.0 Å². The van der Waals surface area contributed by atoms with E-state index in [-0.39, 0.29) is 36.4 Å². The van der Waals surface area contributed by atoms with Gasteiger partial charge in [-0.05, 0) is 31.0 Å². The van der Waals surface area contributed by atoms with E-state index in [2.05, 4.69) is 20.1 Å². The second kappa shape index (κ2) is 13.1. The number of carbonyl (C=O) groups is 1. The summed E-state index contributed by atoms with van der Waals surface area (Å²) >= 11 is 0. The molecule has 1 aliphatic carbocycles. The van der Waals surface area contributed by atoms with Crippen molar-refractivity contribution >= 4 is 35.8 Å². The lowest BCUT2D eigenvalue weighted by molar-refractivity contribution is -0.127. The highest BCUT2D eigenvalue weighted by atomic mass is 127. The number of nitrogens with one attached hydrogen (secondary N) is 1. The van der Waals surface area contributed by atoms with Gasteiger partial charge in [0.25, 0.3) is 0 Å². The van der Waals surface area contributed by atoms with E-state index in [0.717, 1.165) is 55.7 Å². The molecular weight excluding hydrogens is 521 g/mol. The Kier molecular flexibility index (Phi) is 10.8. The normalized spacial score (nSPS) is 17.6. The van der Waals surface area contributed by atoms with Crippen LogP contribution in [-0.4, -0.2) is 93.6 Å². The molecule has 8 nitrogen and oxygen atoms in total. The summed E-state index contributed by atoms with van der Waals surface area (Å²) in [6, 6.07) is 6.40. The molecule has 0 bridgehead atoms. The zero-order valence-corrected chi connectivity index (χ0v) is 22.1. The number of amides is 1. The van der Waals surface area contributed by atoms with Crippen LogP contribution in [-0.2, 0) is 11.3 Å². The minimum atomic E-state index is 0. The first-order valence-electron chi connectivity index (χ1n) is 11.2. The number of nitrogens with zero attached hydrogens (tertiary/aromatic N) is 4. The van der Waals surface area contributed by atoms with Crippen molar-refractivity contribution in [2.24, 2.45) is 4.99 Å². The summed E-state index contributed by atoms with van der Waals surface area (Å²) in [5.41, 5.74) is 1.13. The van der Waals surface area contributed by atoms with Gasteiger partial charge in [-0.1, -0.05) is 12.8 Å². The molecule has 1 aromatic rings. The van der Waals surface area contributed by atoms with Gasteiger partial charge in [-0.2, -0.15) is 0 Å². The third-order valence-corrected chi connectivity index (χ3v) is 6.10. The number of piperazine rings is 1. The highest BCUT2D eigenvalue weighted by Crippen LogP contribution is 2.25. The molecule has 3 rings (SSSR count). The molecule has 2 aliphatic rings. The Bertz CT molecular complexity index is 760. The SMILES string of the molecule is COc1ccc(OC)c(CN2CCN(C(=NCC(=O)N(C)C)NC3CCCC3)CC2)c1.I. The number of methoxy groups -OCH3 is 2. The highest BCUT2D eigenvalue weighted by Gasteiger charge is 2.24. The first kappa shape index (κ1) is 26.5. The molecule has 2 fully saturated rings. The number of carbonyl (C=O) groups excluding carboxylic acids is 1. The number of rotatable bonds is 7. The van der Waals surface area contributed by atoms with Gasteiger partial charge in [0, 0.05) is 58.4 Å². The van der Waals surface area contributed by atoms with Crippen LogP contribution in [0.2, 0.25) is 0 Å². The first-order valence-corrected chi connectivity index (χ1v) is 11.2. The van der Waals surface area contributed by atoms with Gasteiger partial charge in [-0.3, -0.25) is 9.69 Å². The molecule has 1 saturated heterocycles. The second-order valence-corrected chi connectivity index (χ2v) is 8.49. The maximum atomic E-state index is 12.1. The van der Waals surface area contributed by atoms with Crippen LogP contribution in [0.15, 0.2) is 23.2 Å². The number of aliphatic imine (C=N–C) groups is 1. The van der Waals surface area contributed by atoms with Crippen LogP contribution in [0.1, 0.15) is 31.2 Å². The Morgan fingerprint density at radius 3 is 2.41 bits per heavy atom. The lowest BCUT2D eigenvalue weighted by Gasteiger charge is -2.37. The van der Waals surface area contributed by atoms with Crippen LogP contribution in [0.5, 0.6) is 11.5 Å². The third kappa shape index (κ3) is 7.40. The molecule has 1 saturated carbocycles. The van der Waals surface area contributed by atoms with E-state index in [9.17, 15) is 4.79 Å². The predicted octanol–water partition coefficient (Wildman–Crippen LogP) is 2.42. The molecule has 0 aromatic heterocycles. The summed E-state index contributed by atoms with van der Waals surface area (Å²) in [7, 11) is 6.93. The fraction of sp³-hybridized carbons (Fsp3) is 0.652. The maximum Gasteiger partial charge on any atom is 0.243 e. The molecule has 1 N–H and O–H groups in total. The second-order valence-electron chi connectivity index (χ2n) is 8.49. The van der Waals surface area contributed by atoms with Gasteiger partial charge >= 0.3 is 0 Å². The summed E-state index contributed by atoms with van der Waals surface area (Å²) in [5, 5.41) is 3.63. The van der Waals surface area contributed by atoms with Crippen LogP contribution in [0, 0.1) is 0 Å². The Hall–Kier alpha value is -1.75. The molecule has 0 spiro atoms. The van der Waals surface area contributed by atoms with Crippen molar-refractivity contribution in [3.63, 3.8) is 0 Å². The van der Waals surface area contributed by atoms with E-state index in [1.165, 1.54) is 25.7 Å². The Balaban J connectivity index is 0.00000363. The summed E-state index contributed by atoms with van der Waals surface area (Å²) in [5.74, 6) is 2.63. The van der Waals surface area contributed by atoms with Crippen molar-refractivity contribution in [3.05, 3.63) is 23.8 Å². The average Bonchev–Trinajstić information content (AvgIpc) is 3.30. The summed E-state index contributed by atoms with van der Waals surface area (Å²) in [6.45, 7) is 4.60. The van der Waals surface area contributed by atoms with Crippen molar-refractivity contribution in [1.29, 1.82) is 0 Å². The highest BCUT2D eigenvalue weighted by molar-refractivity contribution is 14.0. The van der Waals surface area contributed by atoms with Crippen molar-refractivity contribution in [2.75, 3.05) is 61.0 Å². The Morgan fingerprint density at radius 1 is 1.12 bits per heavy atom. The van der Waals surface area contributed by atoms with Gasteiger partial charge in [-0.15, -0.1) is 24.0 Å². The topological polar surface area (TPSA) is 69.6 Å². The van der Waals surface area contributed by atoms with E-state index in [1.54, 1.807) is 33.2 Å². The number of hydrogen-bond donors (Lipinski definition) is 1. The number of benzene rings is 1. The fourth-order valence-electron chi connectivity index (χ4n) is 4.14. The molecule has 9 heteroatoms. The van der Waals surface area contributed by atoms with Crippen LogP contribution in [0.4, 0.5) is 0 Å². The lowest BCUT2D eigenvalue weighted by atomic mass is 10.1. The maximum absolute atomic E-state index is 12.1. The molecule has 32 heavy (non-hydrogen) atoms. The van der Waals surface area contributed by atoms with Gasteiger partial charge in [0.15, 0.2) is 5.96 Å². The average molecular weight is 559 g/mol. The Labute approximate surface area is 209 Å². The number of hydrogen-bond acceptors (Lipinski definition) is 5. The monoisotopic (exact) mass is 559 g/mol. The zero-order valence-electron chi connectivity index (χ0n) is 19.8. The molecule has 1 aliphatic heterocycles. The van der Waals surface area contributed by atoms with Gasteiger partial charge in [0.2, 0.25) is 5.91 Å². The van der Waals surface area contributed by atoms with Crippen molar-refractivity contribution in [3.8, 4) is 11.5 Å². The number of ether oxygens (including phenoxy) is 2. The van der Waals surface area contributed by atoms with E-state index in [4.69, 9.17) is 9.47 Å². The largest absolute Gasteiger partial charge is 0.497 e. The standard InChI is InChI=1S/C23H37N5O3.HI/c1-26(2)22(29)16-24-23(25-19-7-5-6-8-19)28-13-11-27(12-14-28)17-18-15-20(30-3)9-10-21(18)31-4;/h9-10,15,19H,5-8,11-14,16-17H2,1-4H3,(H,24,25);1H. The minimum absolute atomic E-state index is 0. The van der Waals surface area contributed by atoms with E-state index >= 15 is 0 Å². The summed E-state index contributed by atoms with van der Waals surface area (Å²) < 4.78 is 10.9. The molecule has 1 heterocycles. The van der Waals surface area contributed by atoms with Gasteiger partial charge < -0.3 is 24.6 Å². The molecule has 1 aromatic carbocycles. The van der Waals surface area contributed by atoms with Crippen LogP contribution in [0.25, 0.3) is 0 Å². The van der Waals surface area contributed by atoms with Crippen LogP contribution >= 0.6 is 24.0 Å². The molecule has 180 valence electrons. The van der Waals surface area contributed by atoms with Crippen LogP contribution < -0.4 is 14.8 Å². The molecule has 0 radical (unpaired) electrons. The zero-order chi connectivity index (χ0) is 22.2. The number of guanidine groups is 1. The smallest absolute Gasteiger partial charge is 0.243 e. The fourth-order valence-corrected chi connectivity index (χ4v) is 4.14. The van der Waals surface area contributed by atoms with Crippen LogP contribution in [0.3, 0.4) is 0 Å². The van der Waals surface area contributed by atoms with Crippen molar-refractivity contribution in [1.82, 2.24) is 20.0 Å². The summed E-state index contributed by atoms with van der Waals surface area (Å²) in [6.07, 6.45) is 4.88. The summed E-state index contributed by atoms with van der Waals surface area (Å²) in [4.78, 5) is 23.1. The molecule has 1 amide bonds. The van der Waals surface area contributed by atoms with Gasteiger partial charge in [-0.25, -0.2) is 4.99 Å². The first-order chi connectivity index (χ1) is 15.0. The van der Waals surface area contributed by atoms with E-state index in [1.807, 2.05) is 18.2 Å². The molecule has 0 unspecified atom stereocenters. The lowest BCUT2D eigenvalue weighted by Crippen LogP contribution is -2.54. The van der Waals surface area contributed by atoms with Gasteiger partial charge in [0.05, 0.1) is 14.2 Å².